The van der Waals surface area contributed by atoms with Crippen molar-refractivity contribution < 1.29 is 9.47 Å². The molecule has 0 atom stereocenters. The van der Waals surface area contributed by atoms with Gasteiger partial charge in [0.15, 0.2) is 11.0 Å². The smallest absolute Gasteiger partial charge is 0.196 e. The summed E-state index contributed by atoms with van der Waals surface area (Å²) in [7, 11) is 3.25. The normalized spacial score (nSPS) is 10.6. The third-order valence-corrected chi connectivity index (χ3v) is 5.93. The summed E-state index contributed by atoms with van der Waals surface area (Å²) < 4.78 is 12.9. The molecule has 0 unspecified atom stereocenters. The quantitative estimate of drug-likeness (QED) is 0.356. The summed E-state index contributed by atoms with van der Waals surface area (Å²) in [5.74, 6) is 2.73. The zero-order chi connectivity index (χ0) is 22.5. The maximum absolute atomic E-state index is 9.18. The summed E-state index contributed by atoms with van der Waals surface area (Å²) >= 11 is 1.57. The fraction of sp³-hybridized carbons (Fsp3) is 0.160. The van der Waals surface area contributed by atoms with Gasteiger partial charge < -0.3 is 9.47 Å². The lowest BCUT2D eigenvalue weighted by Gasteiger charge is -2.13. The van der Waals surface area contributed by atoms with Gasteiger partial charge in [0.25, 0.3) is 0 Å². The molecule has 0 amide bonds. The van der Waals surface area contributed by atoms with Crippen LogP contribution in [0.5, 0.6) is 11.5 Å². The van der Waals surface area contributed by atoms with Crippen LogP contribution in [0.3, 0.4) is 0 Å². The van der Waals surface area contributed by atoms with Crippen LogP contribution in [0.15, 0.2) is 71.9 Å². The van der Waals surface area contributed by atoms with Crippen molar-refractivity contribution in [2.24, 2.45) is 0 Å². The van der Waals surface area contributed by atoms with E-state index in [1.54, 1.807) is 32.0 Å². The lowest BCUT2D eigenvalue weighted by Crippen LogP contribution is -2.01. The summed E-state index contributed by atoms with van der Waals surface area (Å²) in [6.07, 6.45) is 0. The molecule has 0 fully saturated rings. The van der Waals surface area contributed by atoms with Gasteiger partial charge in [0.05, 0.1) is 25.9 Å². The molecule has 3 aromatic carbocycles. The van der Waals surface area contributed by atoms with Crippen LogP contribution in [0.1, 0.15) is 16.7 Å². The molecule has 1 heterocycles. The number of thioether (sulfide) groups is 1. The fourth-order valence-electron chi connectivity index (χ4n) is 3.37. The molecule has 0 N–H and O–H groups in total. The average Bonchev–Trinajstić information content (AvgIpc) is 3.26. The van der Waals surface area contributed by atoms with Gasteiger partial charge in [0.1, 0.15) is 11.5 Å². The second-order valence-corrected chi connectivity index (χ2v) is 8.13. The minimum atomic E-state index is 0.646. The maximum Gasteiger partial charge on any atom is 0.196 e. The van der Waals surface area contributed by atoms with Gasteiger partial charge in [-0.1, -0.05) is 36.0 Å². The van der Waals surface area contributed by atoms with Crippen molar-refractivity contribution in [3.63, 3.8) is 0 Å². The van der Waals surface area contributed by atoms with Gasteiger partial charge in [-0.3, -0.25) is 4.57 Å². The number of rotatable bonds is 7. The maximum atomic E-state index is 9.18. The van der Waals surface area contributed by atoms with Crippen molar-refractivity contribution in [2.75, 3.05) is 14.2 Å². The van der Waals surface area contributed by atoms with E-state index in [1.807, 2.05) is 53.1 Å². The molecule has 0 aliphatic heterocycles. The van der Waals surface area contributed by atoms with Crippen LogP contribution in [0.25, 0.3) is 17.1 Å². The van der Waals surface area contributed by atoms with E-state index in [-0.39, 0.29) is 0 Å². The fourth-order valence-corrected chi connectivity index (χ4v) is 4.26. The summed E-state index contributed by atoms with van der Waals surface area (Å²) in [6, 6.07) is 23.7. The van der Waals surface area contributed by atoms with E-state index < -0.39 is 0 Å². The predicted octanol–water partition coefficient (Wildman–Crippen LogP) is 5.42. The minimum Gasteiger partial charge on any atom is -0.497 e. The number of ether oxygens (including phenoxy) is 2. The van der Waals surface area contributed by atoms with Crippen molar-refractivity contribution in [1.29, 1.82) is 5.26 Å². The van der Waals surface area contributed by atoms with Crippen LogP contribution in [-0.4, -0.2) is 29.0 Å². The number of hydrogen-bond acceptors (Lipinski definition) is 6. The van der Waals surface area contributed by atoms with E-state index in [9.17, 15) is 5.26 Å². The second kappa shape index (κ2) is 9.58. The third kappa shape index (κ3) is 4.61. The van der Waals surface area contributed by atoms with Gasteiger partial charge in [-0.25, -0.2) is 0 Å². The number of hydrogen-bond donors (Lipinski definition) is 0. The first kappa shape index (κ1) is 21.5. The lowest BCUT2D eigenvalue weighted by molar-refractivity contribution is 0.394. The molecular formula is C25H22N4O2S. The van der Waals surface area contributed by atoms with E-state index >= 15 is 0 Å². The van der Waals surface area contributed by atoms with Crippen LogP contribution < -0.4 is 9.47 Å². The molecule has 0 saturated heterocycles. The van der Waals surface area contributed by atoms with Crippen LogP contribution in [0, 0.1) is 18.3 Å². The van der Waals surface area contributed by atoms with Crippen LogP contribution in [-0.2, 0) is 5.75 Å². The Morgan fingerprint density at radius 1 is 0.938 bits per heavy atom. The Hall–Kier alpha value is -3.76. The van der Waals surface area contributed by atoms with E-state index in [2.05, 4.69) is 35.3 Å². The Morgan fingerprint density at radius 3 is 2.38 bits per heavy atom. The van der Waals surface area contributed by atoms with Gasteiger partial charge in [-0.2, -0.15) is 5.26 Å². The highest BCUT2D eigenvalue weighted by molar-refractivity contribution is 7.98. The van der Waals surface area contributed by atoms with Crippen molar-refractivity contribution in [3.8, 4) is 34.6 Å². The van der Waals surface area contributed by atoms with Gasteiger partial charge in [0, 0.05) is 23.1 Å². The molecule has 0 aliphatic rings. The average molecular weight is 443 g/mol. The molecule has 160 valence electrons. The molecule has 0 radical (unpaired) electrons. The Bertz CT molecular complexity index is 1270. The molecule has 1 aromatic heterocycles. The largest absolute Gasteiger partial charge is 0.497 e. The molecule has 4 rings (SSSR count). The summed E-state index contributed by atoms with van der Waals surface area (Å²) in [6.45, 7) is 2.06. The minimum absolute atomic E-state index is 0.646. The summed E-state index contributed by atoms with van der Waals surface area (Å²) in [5, 5.41) is 19.0. The van der Waals surface area contributed by atoms with Crippen molar-refractivity contribution >= 4 is 11.8 Å². The van der Waals surface area contributed by atoms with Crippen molar-refractivity contribution in [1.82, 2.24) is 14.8 Å². The number of methoxy groups -OCH3 is 2. The first-order valence-electron chi connectivity index (χ1n) is 9.99. The third-order valence-electron chi connectivity index (χ3n) is 4.93. The SMILES string of the molecule is COc1cc(OC)cc(-c2nnc(SCc3cccc(C#N)c3)n2-c2cccc(C)c2)c1. The summed E-state index contributed by atoms with van der Waals surface area (Å²) in [5.41, 5.74) is 4.65. The van der Waals surface area contributed by atoms with Gasteiger partial charge >= 0.3 is 0 Å². The zero-order valence-corrected chi connectivity index (χ0v) is 18.9. The Labute approximate surface area is 191 Å². The molecule has 7 heteroatoms. The van der Waals surface area contributed by atoms with E-state index in [4.69, 9.17) is 9.47 Å². The molecule has 0 saturated carbocycles. The van der Waals surface area contributed by atoms with Gasteiger partial charge in [-0.15, -0.1) is 10.2 Å². The van der Waals surface area contributed by atoms with E-state index in [1.165, 1.54) is 0 Å². The highest BCUT2D eigenvalue weighted by Crippen LogP contribution is 2.34. The summed E-state index contributed by atoms with van der Waals surface area (Å²) in [4.78, 5) is 0. The molecule has 4 aromatic rings. The van der Waals surface area contributed by atoms with Crippen LogP contribution in [0.2, 0.25) is 0 Å². The Kier molecular flexibility index (Phi) is 6.43. The number of nitriles is 1. The monoisotopic (exact) mass is 442 g/mol. The zero-order valence-electron chi connectivity index (χ0n) is 18.1. The Balaban J connectivity index is 1.78. The standard InChI is InChI=1S/C25H22N4O2S/c1-17-6-4-9-21(10-17)29-24(20-12-22(30-2)14-23(13-20)31-3)27-28-25(29)32-16-19-8-5-7-18(11-19)15-26/h4-14H,16H2,1-3H3. The number of aryl methyl sites for hydroxylation is 1. The topological polar surface area (TPSA) is 73.0 Å². The van der Waals surface area contributed by atoms with Crippen molar-refractivity contribution in [2.45, 2.75) is 17.8 Å². The number of benzene rings is 3. The van der Waals surface area contributed by atoms with Gasteiger partial charge in [-0.05, 0) is 54.4 Å². The molecule has 32 heavy (non-hydrogen) atoms. The molecule has 0 bridgehead atoms. The van der Waals surface area contributed by atoms with Gasteiger partial charge in [0.2, 0.25) is 0 Å². The highest BCUT2D eigenvalue weighted by Gasteiger charge is 2.18. The molecule has 0 spiro atoms. The van der Waals surface area contributed by atoms with E-state index in [0.717, 1.165) is 27.5 Å². The first-order valence-corrected chi connectivity index (χ1v) is 11.0. The first-order chi connectivity index (χ1) is 15.6. The van der Waals surface area contributed by atoms with Crippen molar-refractivity contribution in [3.05, 3.63) is 83.4 Å². The van der Waals surface area contributed by atoms with Crippen LogP contribution in [0.4, 0.5) is 0 Å². The lowest BCUT2D eigenvalue weighted by atomic mass is 10.1. The predicted molar refractivity (Wildman–Crippen MR) is 125 cm³/mol. The van der Waals surface area contributed by atoms with Crippen LogP contribution >= 0.6 is 11.8 Å². The molecular weight excluding hydrogens is 420 g/mol. The molecule has 6 nitrogen and oxygen atoms in total. The van der Waals surface area contributed by atoms with E-state index in [0.29, 0.717) is 28.6 Å². The highest BCUT2D eigenvalue weighted by atomic mass is 32.2. The molecule has 0 aliphatic carbocycles. The number of nitrogens with zero attached hydrogens (tertiary/aromatic N) is 4. The number of aromatic nitrogens is 3. The Morgan fingerprint density at radius 2 is 1.69 bits per heavy atom. The second-order valence-electron chi connectivity index (χ2n) is 7.18.